The third kappa shape index (κ3) is 2.65. The molecule has 3 amide bonds. The number of amides is 3. The van der Waals surface area contributed by atoms with Gasteiger partial charge in [0.2, 0.25) is 5.91 Å². The van der Waals surface area contributed by atoms with Crippen molar-refractivity contribution in [1.29, 1.82) is 0 Å². The van der Waals surface area contributed by atoms with Gasteiger partial charge in [0, 0.05) is 18.5 Å². The van der Waals surface area contributed by atoms with Gasteiger partial charge >= 0.3 is 0 Å². The lowest BCUT2D eigenvalue weighted by molar-refractivity contribution is -0.122. The third-order valence-electron chi connectivity index (χ3n) is 4.48. The number of rotatable bonds is 4. The molecule has 0 aliphatic carbocycles. The van der Waals surface area contributed by atoms with Gasteiger partial charge in [0.25, 0.3) is 11.8 Å². The molecule has 2 aromatic rings. The van der Waals surface area contributed by atoms with Crippen LogP contribution in [-0.2, 0) is 4.79 Å². The zero-order chi connectivity index (χ0) is 17.4. The molecular weight excluding hydrogens is 320 g/mol. The van der Waals surface area contributed by atoms with E-state index in [0.717, 1.165) is 16.2 Å². The van der Waals surface area contributed by atoms with E-state index in [2.05, 4.69) is 5.32 Å². The summed E-state index contributed by atoms with van der Waals surface area (Å²) < 4.78 is 5.53. The smallest absolute Gasteiger partial charge is 0.261 e. The van der Waals surface area contributed by atoms with Crippen molar-refractivity contribution in [2.45, 2.75) is 12.5 Å². The van der Waals surface area contributed by atoms with Crippen molar-refractivity contribution >= 4 is 17.7 Å². The van der Waals surface area contributed by atoms with E-state index >= 15 is 0 Å². The number of nitrogens with one attached hydrogen (secondary N) is 1. The van der Waals surface area contributed by atoms with E-state index in [1.165, 1.54) is 0 Å². The Labute approximate surface area is 144 Å². The summed E-state index contributed by atoms with van der Waals surface area (Å²) in [6, 6.07) is 14.0. The molecule has 0 aromatic heterocycles. The molecule has 2 aliphatic heterocycles. The second-order valence-corrected chi connectivity index (χ2v) is 6.03. The van der Waals surface area contributed by atoms with Gasteiger partial charge in [-0.1, -0.05) is 30.3 Å². The molecule has 0 bridgehead atoms. The maximum atomic E-state index is 12.3. The van der Waals surface area contributed by atoms with Gasteiger partial charge in [-0.3, -0.25) is 19.3 Å². The summed E-state index contributed by atoms with van der Waals surface area (Å²) in [6.45, 7) is 0.450. The van der Waals surface area contributed by atoms with Crippen molar-refractivity contribution in [2.24, 2.45) is 0 Å². The molecule has 0 saturated carbocycles. The predicted octanol–water partition coefficient (Wildman–Crippen LogP) is 1.92. The monoisotopic (exact) mass is 336 g/mol. The largest absolute Gasteiger partial charge is 0.491 e. The molecular formula is C19H16N2O4. The molecule has 4 rings (SSSR count). The van der Waals surface area contributed by atoms with E-state index in [9.17, 15) is 14.4 Å². The quantitative estimate of drug-likeness (QED) is 0.866. The first-order valence-electron chi connectivity index (χ1n) is 8.11. The summed E-state index contributed by atoms with van der Waals surface area (Å²) >= 11 is 0. The van der Waals surface area contributed by atoms with Crippen LogP contribution in [0.15, 0.2) is 48.5 Å². The highest BCUT2D eigenvalue weighted by atomic mass is 16.5. The number of benzene rings is 2. The first-order chi connectivity index (χ1) is 12.1. The summed E-state index contributed by atoms with van der Waals surface area (Å²) in [5.41, 5.74) is 1.73. The van der Waals surface area contributed by atoms with Crippen molar-refractivity contribution in [3.8, 4) is 5.75 Å². The minimum Gasteiger partial charge on any atom is -0.491 e. The molecule has 6 heteroatoms. The molecule has 2 heterocycles. The molecule has 126 valence electrons. The van der Waals surface area contributed by atoms with Gasteiger partial charge in [-0.2, -0.15) is 0 Å². The lowest BCUT2D eigenvalue weighted by atomic mass is 10.1. The molecule has 0 unspecified atom stereocenters. The highest BCUT2D eigenvalue weighted by molar-refractivity contribution is 6.21. The average molecular weight is 336 g/mol. The minimum atomic E-state index is -0.344. The molecule has 2 aliphatic rings. The Morgan fingerprint density at radius 1 is 1.04 bits per heavy atom. The van der Waals surface area contributed by atoms with Crippen LogP contribution in [0.25, 0.3) is 0 Å². The van der Waals surface area contributed by atoms with Gasteiger partial charge in [0.05, 0.1) is 17.2 Å². The van der Waals surface area contributed by atoms with Gasteiger partial charge in [0.15, 0.2) is 0 Å². The van der Waals surface area contributed by atoms with Crippen molar-refractivity contribution in [1.82, 2.24) is 10.2 Å². The van der Waals surface area contributed by atoms with E-state index in [0.29, 0.717) is 17.7 Å². The number of para-hydroxylation sites is 1. The van der Waals surface area contributed by atoms with Crippen molar-refractivity contribution in [2.75, 3.05) is 13.2 Å². The fourth-order valence-corrected chi connectivity index (χ4v) is 3.20. The average Bonchev–Trinajstić information content (AvgIpc) is 3.14. The van der Waals surface area contributed by atoms with Gasteiger partial charge in [-0.05, 0) is 18.2 Å². The highest BCUT2D eigenvalue weighted by Gasteiger charge is 2.35. The van der Waals surface area contributed by atoms with E-state index in [4.69, 9.17) is 4.74 Å². The van der Waals surface area contributed by atoms with E-state index in [-0.39, 0.29) is 36.7 Å². The molecule has 0 saturated heterocycles. The number of carbonyl (C=O) groups is 3. The maximum Gasteiger partial charge on any atom is 0.261 e. The van der Waals surface area contributed by atoms with Gasteiger partial charge in [-0.15, -0.1) is 0 Å². The summed E-state index contributed by atoms with van der Waals surface area (Å²) in [6.07, 6.45) is 0.0597. The van der Waals surface area contributed by atoms with Crippen LogP contribution < -0.4 is 10.1 Å². The Bertz CT molecular complexity index is 842. The van der Waals surface area contributed by atoms with E-state index in [1.54, 1.807) is 24.3 Å². The Hall–Kier alpha value is -3.15. The van der Waals surface area contributed by atoms with Gasteiger partial charge in [-0.25, -0.2) is 0 Å². The maximum absolute atomic E-state index is 12.3. The van der Waals surface area contributed by atoms with Crippen LogP contribution in [0.1, 0.15) is 38.7 Å². The molecule has 6 nitrogen and oxygen atoms in total. The van der Waals surface area contributed by atoms with Crippen molar-refractivity contribution in [3.05, 3.63) is 65.2 Å². The highest BCUT2D eigenvalue weighted by Crippen LogP contribution is 2.31. The second-order valence-electron chi connectivity index (χ2n) is 6.03. The lowest BCUT2D eigenvalue weighted by Gasteiger charge is -2.15. The van der Waals surface area contributed by atoms with Crippen LogP contribution in [0, 0.1) is 0 Å². The molecule has 2 aromatic carbocycles. The molecule has 1 N–H and O–H groups in total. The molecule has 0 fully saturated rings. The first-order valence-corrected chi connectivity index (χ1v) is 8.11. The lowest BCUT2D eigenvalue weighted by Crippen LogP contribution is -2.36. The fraction of sp³-hybridized carbons (Fsp3) is 0.211. The van der Waals surface area contributed by atoms with E-state index in [1.807, 2.05) is 24.3 Å². The fourth-order valence-electron chi connectivity index (χ4n) is 3.20. The van der Waals surface area contributed by atoms with Crippen LogP contribution in [0.5, 0.6) is 5.75 Å². The number of hydrogen-bond donors (Lipinski definition) is 1. The number of hydrogen-bond acceptors (Lipinski definition) is 4. The summed E-state index contributed by atoms with van der Waals surface area (Å²) in [5, 5.41) is 2.90. The number of nitrogens with zero attached hydrogens (tertiary/aromatic N) is 1. The summed E-state index contributed by atoms with van der Waals surface area (Å²) in [7, 11) is 0. The Morgan fingerprint density at radius 2 is 1.68 bits per heavy atom. The van der Waals surface area contributed by atoms with Crippen LogP contribution >= 0.6 is 0 Å². The first kappa shape index (κ1) is 15.4. The second kappa shape index (κ2) is 6.05. The zero-order valence-corrected chi connectivity index (χ0v) is 13.4. The molecule has 0 radical (unpaired) electrons. The van der Waals surface area contributed by atoms with Crippen LogP contribution in [-0.4, -0.2) is 35.8 Å². The third-order valence-corrected chi connectivity index (χ3v) is 4.48. The molecule has 25 heavy (non-hydrogen) atoms. The Kier molecular flexibility index (Phi) is 3.72. The van der Waals surface area contributed by atoms with Crippen molar-refractivity contribution in [3.63, 3.8) is 0 Å². The Balaban J connectivity index is 1.38. The zero-order valence-electron chi connectivity index (χ0n) is 13.4. The van der Waals surface area contributed by atoms with Gasteiger partial charge in [0.1, 0.15) is 12.4 Å². The predicted molar refractivity (Wildman–Crippen MR) is 89.2 cm³/mol. The normalized spacial score (nSPS) is 17.9. The topological polar surface area (TPSA) is 75.7 Å². The number of carbonyl (C=O) groups excluding carboxylic acids is 3. The standard InChI is InChI=1S/C19H16N2O4/c22-17(20-15-11-25-16-8-4-3-7-14(15)16)9-10-21-18(23)12-5-1-2-6-13(12)19(21)24/h1-8,15H,9-11H2,(H,20,22)/t15-/m0/s1. The number of ether oxygens (including phenoxy) is 1. The summed E-state index contributed by atoms with van der Waals surface area (Å²) in [4.78, 5) is 37.9. The van der Waals surface area contributed by atoms with Crippen LogP contribution in [0.4, 0.5) is 0 Å². The minimum absolute atomic E-state index is 0.0597. The molecule has 1 atom stereocenters. The number of fused-ring (bicyclic) bond motifs is 2. The van der Waals surface area contributed by atoms with Gasteiger partial charge < -0.3 is 10.1 Å². The van der Waals surface area contributed by atoms with Crippen LogP contribution in [0.2, 0.25) is 0 Å². The SMILES string of the molecule is O=C(CCN1C(=O)c2ccccc2C1=O)N[C@H]1COc2ccccc21. The Morgan fingerprint density at radius 3 is 2.40 bits per heavy atom. The van der Waals surface area contributed by atoms with E-state index < -0.39 is 0 Å². The van der Waals surface area contributed by atoms with Crippen LogP contribution in [0.3, 0.4) is 0 Å². The number of imide groups is 1. The molecule has 0 spiro atoms. The van der Waals surface area contributed by atoms with Crippen molar-refractivity contribution < 1.29 is 19.1 Å². The summed E-state index contributed by atoms with van der Waals surface area (Å²) in [5.74, 6) is -0.138.